The highest BCUT2D eigenvalue weighted by molar-refractivity contribution is 6.08. The number of nitrogens with two attached hydrogens (primary N) is 1. The van der Waals surface area contributed by atoms with Crippen molar-refractivity contribution >= 4 is 17.1 Å². The summed E-state index contributed by atoms with van der Waals surface area (Å²) in [6.07, 6.45) is 2.24. The topological polar surface area (TPSA) is 60.5 Å². The smallest absolute Gasteiger partial charge is 0.165 e. The van der Waals surface area contributed by atoms with Crippen LogP contribution >= 0.6 is 0 Å². The van der Waals surface area contributed by atoms with Gasteiger partial charge in [-0.2, -0.15) is 0 Å². The molecule has 1 aliphatic heterocycles. The maximum Gasteiger partial charge on any atom is 0.165 e. The summed E-state index contributed by atoms with van der Waals surface area (Å²) in [4.78, 5) is 8.63. The number of hydrogen-bond donors (Lipinski definition) is 1. The van der Waals surface area contributed by atoms with Gasteiger partial charge in [-0.25, -0.2) is 9.38 Å². The maximum atomic E-state index is 14.2. The van der Waals surface area contributed by atoms with E-state index < -0.39 is 0 Å². The number of pyridine rings is 1. The SMILES string of the molecule is CCOc1ccc(C2=C(c3ccnc(C)c3)N=C(N)C2)cc1F. The minimum absolute atomic E-state index is 0.255. The van der Waals surface area contributed by atoms with E-state index >= 15 is 0 Å². The van der Waals surface area contributed by atoms with Crippen molar-refractivity contribution in [2.45, 2.75) is 20.3 Å². The summed E-state index contributed by atoms with van der Waals surface area (Å²) in [7, 11) is 0. The van der Waals surface area contributed by atoms with Crippen molar-refractivity contribution in [3.8, 4) is 5.75 Å². The Kier molecular flexibility index (Phi) is 4.10. The van der Waals surface area contributed by atoms with Gasteiger partial charge in [0.25, 0.3) is 0 Å². The molecule has 23 heavy (non-hydrogen) atoms. The van der Waals surface area contributed by atoms with Crippen LogP contribution in [-0.2, 0) is 0 Å². The van der Waals surface area contributed by atoms with Gasteiger partial charge in [-0.1, -0.05) is 6.07 Å². The number of benzene rings is 1. The molecule has 0 saturated carbocycles. The fraction of sp³-hybridized carbons (Fsp3) is 0.222. The molecule has 0 amide bonds. The zero-order valence-electron chi connectivity index (χ0n) is 13.1. The first kappa shape index (κ1) is 15.2. The standard InChI is InChI=1S/C18H18FN3O/c1-3-23-16-5-4-12(9-15(16)19)14-10-17(20)22-18(14)13-6-7-21-11(2)8-13/h4-9H,3,10H2,1-2H3,(H2,20,22). The Labute approximate surface area is 134 Å². The number of aryl methyl sites for hydroxylation is 1. The Morgan fingerprint density at radius 3 is 2.74 bits per heavy atom. The maximum absolute atomic E-state index is 14.2. The molecule has 1 aromatic carbocycles. The number of rotatable bonds is 4. The second-order valence-corrected chi connectivity index (χ2v) is 5.37. The molecule has 0 fully saturated rings. The fourth-order valence-corrected chi connectivity index (χ4v) is 2.65. The molecule has 0 radical (unpaired) electrons. The first-order chi connectivity index (χ1) is 11.1. The number of halogens is 1. The third-order valence-electron chi connectivity index (χ3n) is 3.65. The molecule has 0 aliphatic carbocycles. The molecule has 2 heterocycles. The lowest BCUT2D eigenvalue weighted by Crippen LogP contribution is -2.07. The van der Waals surface area contributed by atoms with Crippen LogP contribution < -0.4 is 10.5 Å². The van der Waals surface area contributed by atoms with Crippen LogP contribution in [-0.4, -0.2) is 17.4 Å². The van der Waals surface area contributed by atoms with Crippen molar-refractivity contribution < 1.29 is 9.13 Å². The second kappa shape index (κ2) is 6.20. The highest BCUT2D eigenvalue weighted by Gasteiger charge is 2.20. The largest absolute Gasteiger partial charge is 0.491 e. The number of aliphatic imine (C=N–C) groups is 1. The van der Waals surface area contributed by atoms with Gasteiger partial charge in [0.15, 0.2) is 11.6 Å². The predicted octanol–water partition coefficient (Wildman–Crippen LogP) is 3.56. The van der Waals surface area contributed by atoms with E-state index in [1.807, 2.05) is 32.0 Å². The molecule has 0 unspecified atom stereocenters. The van der Waals surface area contributed by atoms with Crippen molar-refractivity contribution in [1.29, 1.82) is 0 Å². The van der Waals surface area contributed by atoms with Crippen LogP contribution in [0.4, 0.5) is 4.39 Å². The molecule has 2 aromatic rings. The normalized spacial score (nSPS) is 14.1. The average molecular weight is 311 g/mol. The highest BCUT2D eigenvalue weighted by atomic mass is 19.1. The number of aromatic nitrogens is 1. The van der Waals surface area contributed by atoms with E-state index in [1.54, 1.807) is 12.3 Å². The quantitative estimate of drug-likeness (QED) is 0.939. The number of amidine groups is 1. The Balaban J connectivity index is 2.06. The van der Waals surface area contributed by atoms with Gasteiger partial charge in [0.2, 0.25) is 0 Å². The lowest BCUT2D eigenvalue weighted by Gasteiger charge is -2.10. The van der Waals surface area contributed by atoms with Gasteiger partial charge < -0.3 is 10.5 Å². The van der Waals surface area contributed by atoms with Gasteiger partial charge in [0.05, 0.1) is 12.3 Å². The fourth-order valence-electron chi connectivity index (χ4n) is 2.65. The third kappa shape index (κ3) is 3.08. The molecule has 0 spiro atoms. The van der Waals surface area contributed by atoms with Crippen LogP contribution in [0.1, 0.15) is 30.2 Å². The van der Waals surface area contributed by atoms with E-state index in [-0.39, 0.29) is 11.6 Å². The molecule has 3 rings (SSSR count). The molecule has 0 bridgehead atoms. The second-order valence-electron chi connectivity index (χ2n) is 5.37. The van der Waals surface area contributed by atoms with Crippen molar-refractivity contribution in [2.75, 3.05) is 6.61 Å². The van der Waals surface area contributed by atoms with E-state index in [1.165, 1.54) is 6.07 Å². The van der Waals surface area contributed by atoms with Gasteiger partial charge in [-0.15, -0.1) is 0 Å². The van der Waals surface area contributed by atoms with Gasteiger partial charge in [0.1, 0.15) is 5.84 Å². The number of nitrogens with zero attached hydrogens (tertiary/aromatic N) is 2. The van der Waals surface area contributed by atoms with Crippen molar-refractivity contribution in [3.05, 3.63) is 59.2 Å². The highest BCUT2D eigenvalue weighted by Crippen LogP contribution is 2.36. The van der Waals surface area contributed by atoms with Crippen LogP contribution in [0.2, 0.25) is 0 Å². The molecule has 118 valence electrons. The summed E-state index contributed by atoms with van der Waals surface area (Å²) in [5.74, 6) is 0.399. The minimum Gasteiger partial charge on any atom is -0.491 e. The van der Waals surface area contributed by atoms with E-state index in [9.17, 15) is 4.39 Å². The van der Waals surface area contributed by atoms with Crippen LogP contribution in [0.15, 0.2) is 41.5 Å². The van der Waals surface area contributed by atoms with Crippen LogP contribution in [0, 0.1) is 12.7 Å². The first-order valence-electron chi connectivity index (χ1n) is 7.50. The van der Waals surface area contributed by atoms with E-state index in [0.29, 0.717) is 18.9 Å². The number of ether oxygens (including phenoxy) is 1. The molecular weight excluding hydrogens is 293 g/mol. The molecule has 4 nitrogen and oxygen atoms in total. The summed E-state index contributed by atoms with van der Waals surface area (Å²) >= 11 is 0. The summed E-state index contributed by atoms with van der Waals surface area (Å²) in [6, 6.07) is 8.79. The third-order valence-corrected chi connectivity index (χ3v) is 3.65. The van der Waals surface area contributed by atoms with Crippen LogP contribution in [0.25, 0.3) is 11.3 Å². The van der Waals surface area contributed by atoms with E-state index in [2.05, 4.69) is 9.98 Å². The average Bonchev–Trinajstić information content (AvgIpc) is 2.91. The molecule has 5 heteroatoms. The number of hydrogen-bond acceptors (Lipinski definition) is 4. The molecule has 0 saturated heterocycles. The molecule has 1 aromatic heterocycles. The Hall–Kier alpha value is -2.69. The van der Waals surface area contributed by atoms with Gasteiger partial charge >= 0.3 is 0 Å². The van der Waals surface area contributed by atoms with Crippen molar-refractivity contribution in [3.63, 3.8) is 0 Å². The minimum atomic E-state index is -0.382. The Morgan fingerprint density at radius 2 is 2.04 bits per heavy atom. The van der Waals surface area contributed by atoms with Crippen molar-refractivity contribution in [2.24, 2.45) is 10.7 Å². The van der Waals surface area contributed by atoms with Gasteiger partial charge in [-0.3, -0.25) is 4.98 Å². The van der Waals surface area contributed by atoms with E-state index in [0.717, 1.165) is 28.1 Å². The molecule has 2 N–H and O–H groups in total. The van der Waals surface area contributed by atoms with Crippen molar-refractivity contribution in [1.82, 2.24) is 4.98 Å². The predicted molar refractivity (Wildman–Crippen MR) is 89.6 cm³/mol. The zero-order chi connectivity index (χ0) is 16.4. The molecule has 1 aliphatic rings. The zero-order valence-corrected chi connectivity index (χ0v) is 13.1. The Bertz CT molecular complexity index is 812. The van der Waals surface area contributed by atoms with E-state index in [4.69, 9.17) is 10.5 Å². The first-order valence-corrected chi connectivity index (χ1v) is 7.50. The summed E-state index contributed by atoms with van der Waals surface area (Å²) in [6.45, 7) is 4.17. The van der Waals surface area contributed by atoms with Gasteiger partial charge in [0, 0.05) is 23.9 Å². The lowest BCUT2D eigenvalue weighted by molar-refractivity contribution is 0.321. The summed E-state index contributed by atoms with van der Waals surface area (Å²) in [5, 5.41) is 0. The van der Waals surface area contributed by atoms with Crippen LogP contribution in [0.5, 0.6) is 5.75 Å². The lowest BCUT2D eigenvalue weighted by atomic mass is 9.98. The summed E-state index contributed by atoms with van der Waals surface area (Å²) < 4.78 is 19.4. The molecule has 0 atom stereocenters. The monoisotopic (exact) mass is 311 g/mol. The molecular formula is C18H18FN3O. The van der Waals surface area contributed by atoms with Gasteiger partial charge in [-0.05, 0) is 49.2 Å². The van der Waals surface area contributed by atoms with Crippen LogP contribution in [0.3, 0.4) is 0 Å². The summed E-state index contributed by atoms with van der Waals surface area (Å²) in [5.41, 5.74) is 10.2. The Morgan fingerprint density at radius 1 is 1.22 bits per heavy atom.